The van der Waals surface area contributed by atoms with E-state index < -0.39 is 0 Å². The van der Waals surface area contributed by atoms with E-state index >= 15 is 0 Å². The molecule has 1 fully saturated rings. The summed E-state index contributed by atoms with van der Waals surface area (Å²) in [6, 6.07) is 20.9. The van der Waals surface area contributed by atoms with Crippen LogP contribution in [0, 0.1) is 0 Å². The number of nitrogens with one attached hydrogen (secondary N) is 2. The van der Waals surface area contributed by atoms with Crippen LogP contribution in [0.2, 0.25) is 0 Å². The van der Waals surface area contributed by atoms with E-state index in [0.717, 1.165) is 13.1 Å². The molecule has 3 unspecified atom stereocenters. The van der Waals surface area contributed by atoms with E-state index in [1.54, 1.807) is 0 Å². The Hall–Kier alpha value is -1.64. The lowest BCUT2D eigenvalue weighted by molar-refractivity contribution is 0.489. The highest BCUT2D eigenvalue weighted by molar-refractivity contribution is 5.33. The minimum atomic E-state index is 0.495. The highest BCUT2D eigenvalue weighted by Gasteiger charge is 2.39. The van der Waals surface area contributed by atoms with E-state index in [-0.39, 0.29) is 0 Å². The van der Waals surface area contributed by atoms with Crippen molar-refractivity contribution >= 4 is 0 Å². The average Bonchev–Trinajstić information content (AvgIpc) is 3.33. The molecule has 2 aromatic rings. The van der Waals surface area contributed by atoms with Crippen molar-refractivity contribution in [2.24, 2.45) is 0 Å². The van der Waals surface area contributed by atoms with Crippen molar-refractivity contribution in [3.63, 3.8) is 0 Å². The third-order valence-corrected chi connectivity index (χ3v) is 4.79. The number of rotatable bonds is 3. The fourth-order valence-corrected chi connectivity index (χ4v) is 3.54. The fraction of sp³-hybridized carbons (Fsp3) is 0.368. The van der Waals surface area contributed by atoms with Gasteiger partial charge in [-0.3, -0.25) is 0 Å². The molecule has 2 N–H and O–H groups in total. The van der Waals surface area contributed by atoms with Gasteiger partial charge >= 0.3 is 0 Å². The summed E-state index contributed by atoms with van der Waals surface area (Å²) in [5, 5.41) is 7.43. The first-order valence-electron chi connectivity index (χ1n) is 8.01. The Kier molecular flexibility index (Phi) is 3.50. The SMILES string of the molecule is c1ccc(C2CC2NC2CCNCc3ccccc32)cc1. The molecule has 1 saturated carbocycles. The number of benzene rings is 2. The molecule has 1 aliphatic carbocycles. The summed E-state index contributed by atoms with van der Waals surface area (Å²) in [7, 11) is 0. The zero-order valence-corrected chi connectivity index (χ0v) is 12.3. The Balaban J connectivity index is 1.49. The van der Waals surface area contributed by atoms with Gasteiger partial charge in [0.05, 0.1) is 0 Å². The standard InChI is InChI=1S/C19H22N2/c1-2-6-14(7-3-1)17-12-19(17)21-18-10-11-20-13-15-8-4-5-9-16(15)18/h1-9,17-21H,10-13H2. The van der Waals surface area contributed by atoms with Crippen molar-refractivity contribution in [1.29, 1.82) is 0 Å². The largest absolute Gasteiger partial charge is 0.313 e. The molecule has 2 heteroatoms. The molecule has 0 amide bonds. The maximum absolute atomic E-state index is 3.90. The van der Waals surface area contributed by atoms with Crippen LogP contribution in [-0.4, -0.2) is 12.6 Å². The summed E-state index contributed by atoms with van der Waals surface area (Å²) >= 11 is 0. The van der Waals surface area contributed by atoms with Crippen molar-refractivity contribution in [3.05, 3.63) is 71.3 Å². The van der Waals surface area contributed by atoms with Gasteiger partial charge in [-0.15, -0.1) is 0 Å². The normalized spacial score (nSPS) is 27.7. The van der Waals surface area contributed by atoms with Crippen LogP contribution in [-0.2, 0) is 6.54 Å². The zero-order chi connectivity index (χ0) is 14.1. The summed E-state index contributed by atoms with van der Waals surface area (Å²) in [5.74, 6) is 0.703. The lowest BCUT2D eigenvalue weighted by atomic mass is 9.99. The number of hydrogen-bond donors (Lipinski definition) is 2. The molecule has 3 atom stereocenters. The monoisotopic (exact) mass is 278 g/mol. The van der Waals surface area contributed by atoms with E-state index in [1.165, 1.54) is 29.5 Å². The van der Waals surface area contributed by atoms with Gasteiger partial charge in [-0.05, 0) is 36.1 Å². The molecule has 0 saturated heterocycles. The van der Waals surface area contributed by atoms with Gasteiger partial charge in [0.1, 0.15) is 0 Å². The van der Waals surface area contributed by atoms with Crippen LogP contribution in [0.4, 0.5) is 0 Å². The maximum Gasteiger partial charge on any atom is 0.0338 e. The predicted octanol–water partition coefficient (Wildman–Crippen LogP) is 3.37. The van der Waals surface area contributed by atoms with Gasteiger partial charge in [0.15, 0.2) is 0 Å². The predicted molar refractivity (Wildman–Crippen MR) is 86.2 cm³/mol. The lowest BCUT2D eigenvalue weighted by Gasteiger charge is -2.19. The molecule has 4 rings (SSSR count). The van der Waals surface area contributed by atoms with E-state index in [9.17, 15) is 0 Å². The molecule has 1 heterocycles. The Labute approximate surface area is 126 Å². The highest BCUT2D eigenvalue weighted by Crippen LogP contribution is 2.42. The Morgan fingerprint density at radius 2 is 1.76 bits per heavy atom. The second kappa shape index (κ2) is 5.63. The molecule has 1 aliphatic heterocycles. The topological polar surface area (TPSA) is 24.1 Å². The van der Waals surface area contributed by atoms with Crippen molar-refractivity contribution in [3.8, 4) is 0 Å². The average molecular weight is 278 g/mol. The molecule has 0 aromatic heterocycles. The maximum atomic E-state index is 3.90. The van der Waals surface area contributed by atoms with E-state index in [4.69, 9.17) is 0 Å². The lowest BCUT2D eigenvalue weighted by Crippen LogP contribution is -2.26. The minimum absolute atomic E-state index is 0.495. The third kappa shape index (κ3) is 2.74. The summed E-state index contributed by atoms with van der Waals surface area (Å²) in [6.07, 6.45) is 2.45. The van der Waals surface area contributed by atoms with Crippen LogP contribution < -0.4 is 10.6 Å². The van der Waals surface area contributed by atoms with Crippen LogP contribution in [0.15, 0.2) is 54.6 Å². The minimum Gasteiger partial charge on any atom is -0.313 e. The quantitative estimate of drug-likeness (QED) is 0.899. The van der Waals surface area contributed by atoms with Gasteiger partial charge in [-0.25, -0.2) is 0 Å². The van der Waals surface area contributed by atoms with Crippen LogP contribution in [0.1, 0.15) is 41.5 Å². The number of fused-ring (bicyclic) bond motifs is 1. The Bertz CT molecular complexity index is 608. The third-order valence-electron chi connectivity index (χ3n) is 4.79. The molecule has 0 radical (unpaired) electrons. The molecule has 2 aromatic carbocycles. The number of hydrogen-bond acceptors (Lipinski definition) is 2. The smallest absolute Gasteiger partial charge is 0.0338 e. The zero-order valence-electron chi connectivity index (χ0n) is 12.3. The Morgan fingerprint density at radius 3 is 2.67 bits per heavy atom. The molecule has 0 bridgehead atoms. The van der Waals surface area contributed by atoms with E-state index in [0.29, 0.717) is 18.0 Å². The van der Waals surface area contributed by atoms with Crippen molar-refractivity contribution in [2.45, 2.75) is 37.4 Å². The van der Waals surface area contributed by atoms with Crippen LogP contribution in [0.25, 0.3) is 0 Å². The van der Waals surface area contributed by atoms with Gasteiger partial charge in [0.25, 0.3) is 0 Å². The van der Waals surface area contributed by atoms with Gasteiger partial charge in [0.2, 0.25) is 0 Å². The van der Waals surface area contributed by atoms with Gasteiger partial charge in [0, 0.05) is 24.5 Å². The molecule has 2 aliphatic rings. The molecule has 0 spiro atoms. The van der Waals surface area contributed by atoms with Crippen molar-refractivity contribution in [1.82, 2.24) is 10.6 Å². The molecule has 2 nitrogen and oxygen atoms in total. The first kappa shape index (κ1) is 13.1. The van der Waals surface area contributed by atoms with Crippen LogP contribution in [0.3, 0.4) is 0 Å². The van der Waals surface area contributed by atoms with Gasteiger partial charge in [-0.1, -0.05) is 54.6 Å². The first-order chi connectivity index (χ1) is 10.4. The van der Waals surface area contributed by atoms with E-state index in [1.807, 2.05) is 0 Å². The van der Waals surface area contributed by atoms with Gasteiger partial charge in [-0.2, -0.15) is 0 Å². The second-order valence-electron chi connectivity index (χ2n) is 6.24. The fourth-order valence-electron chi connectivity index (χ4n) is 3.54. The van der Waals surface area contributed by atoms with Crippen LogP contribution >= 0.6 is 0 Å². The van der Waals surface area contributed by atoms with Crippen molar-refractivity contribution < 1.29 is 0 Å². The molecule has 108 valence electrons. The molecular formula is C19H22N2. The van der Waals surface area contributed by atoms with Crippen molar-refractivity contribution in [2.75, 3.05) is 6.54 Å². The summed E-state index contributed by atoms with van der Waals surface area (Å²) in [6.45, 7) is 2.09. The van der Waals surface area contributed by atoms with Crippen LogP contribution in [0.5, 0.6) is 0 Å². The first-order valence-corrected chi connectivity index (χ1v) is 8.01. The Morgan fingerprint density at radius 1 is 0.952 bits per heavy atom. The molecular weight excluding hydrogens is 256 g/mol. The molecule has 21 heavy (non-hydrogen) atoms. The second-order valence-corrected chi connectivity index (χ2v) is 6.24. The highest BCUT2D eigenvalue weighted by atomic mass is 15.0. The summed E-state index contributed by atoms with van der Waals surface area (Å²) in [5.41, 5.74) is 4.42. The van der Waals surface area contributed by atoms with E-state index in [2.05, 4.69) is 65.2 Å². The summed E-state index contributed by atoms with van der Waals surface area (Å²) in [4.78, 5) is 0. The van der Waals surface area contributed by atoms with Gasteiger partial charge < -0.3 is 10.6 Å². The summed E-state index contributed by atoms with van der Waals surface area (Å²) < 4.78 is 0.